The number of carbonyl (C=O) groups excluding carboxylic acids is 5. The normalized spacial score (nSPS) is 23.1. The summed E-state index contributed by atoms with van der Waals surface area (Å²) in [5.74, 6) is -2.09. The van der Waals surface area contributed by atoms with E-state index in [-0.39, 0.29) is 36.9 Å². The molecule has 4 heterocycles. The van der Waals surface area contributed by atoms with Gasteiger partial charge in [0.15, 0.2) is 0 Å². The molecule has 3 aromatic rings. The van der Waals surface area contributed by atoms with E-state index in [2.05, 4.69) is 10.3 Å². The van der Waals surface area contributed by atoms with E-state index < -0.39 is 29.7 Å². The van der Waals surface area contributed by atoms with E-state index in [1.165, 1.54) is 16.2 Å². The first kappa shape index (κ1) is 32.5. The number of nitrogens with zero attached hydrogens (tertiary/aromatic N) is 5. The molecule has 1 saturated carbocycles. The third-order valence-electron chi connectivity index (χ3n) is 10.1. The number of imide groups is 1. The molecule has 4 aliphatic rings. The van der Waals surface area contributed by atoms with Crippen LogP contribution >= 0.6 is 11.3 Å². The number of ether oxygens (including phenoxy) is 1. The second-order valence-electron chi connectivity index (χ2n) is 12.9. The van der Waals surface area contributed by atoms with Crippen molar-refractivity contribution in [1.29, 1.82) is 5.26 Å². The van der Waals surface area contributed by atoms with Gasteiger partial charge in [-0.3, -0.25) is 33.9 Å². The number of nitrogens with one attached hydrogen (secondary N) is 1. The quantitative estimate of drug-likeness (QED) is 0.280. The zero-order valence-electron chi connectivity index (χ0n) is 26.9. The lowest BCUT2D eigenvalue weighted by molar-refractivity contribution is -0.146. The van der Waals surface area contributed by atoms with Gasteiger partial charge in [0.2, 0.25) is 11.8 Å². The van der Waals surface area contributed by atoms with Gasteiger partial charge >= 0.3 is 0 Å². The Morgan fingerprint density at radius 3 is 2.45 bits per heavy atom. The number of likely N-dealkylation sites (tertiary alicyclic amines) is 1. The van der Waals surface area contributed by atoms with Crippen LogP contribution in [0.4, 0.5) is 0 Å². The Kier molecular flexibility index (Phi) is 9.14. The average Bonchev–Trinajstić information content (AvgIpc) is 3.89. The molecule has 1 aliphatic carbocycles. The van der Waals surface area contributed by atoms with Gasteiger partial charge in [0.1, 0.15) is 23.3 Å². The van der Waals surface area contributed by atoms with Gasteiger partial charge in [-0.25, -0.2) is 0 Å². The summed E-state index contributed by atoms with van der Waals surface area (Å²) in [4.78, 5) is 77.3. The molecule has 7 rings (SSSR count). The molecule has 252 valence electrons. The van der Waals surface area contributed by atoms with E-state index in [0.29, 0.717) is 67.1 Å². The van der Waals surface area contributed by atoms with Crippen LogP contribution in [0, 0.1) is 23.2 Å². The van der Waals surface area contributed by atoms with Gasteiger partial charge in [0.25, 0.3) is 17.7 Å². The van der Waals surface area contributed by atoms with E-state index in [1.807, 2.05) is 24.3 Å². The summed E-state index contributed by atoms with van der Waals surface area (Å²) in [6, 6.07) is 13.6. The summed E-state index contributed by atoms with van der Waals surface area (Å²) < 4.78 is 6.63. The lowest BCUT2D eigenvalue weighted by Crippen LogP contribution is -2.51. The van der Waals surface area contributed by atoms with Gasteiger partial charge in [-0.2, -0.15) is 5.26 Å². The van der Waals surface area contributed by atoms with Crippen molar-refractivity contribution in [2.75, 3.05) is 32.7 Å². The van der Waals surface area contributed by atoms with Crippen molar-refractivity contribution in [3.8, 4) is 11.8 Å². The number of fused-ring (bicyclic) bond motifs is 2. The summed E-state index contributed by atoms with van der Waals surface area (Å²) in [5, 5.41) is 11.7. The number of carbonyl (C=O) groups is 5. The summed E-state index contributed by atoms with van der Waals surface area (Å²) in [6.45, 7) is 1.03. The maximum Gasteiger partial charge on any atom is 0.265 e. The molecule has 2 aromatic carbocycles. The average molecular weight is 681 g/mol. The lowest BCUT2D eigenvalue weighted by atomic mass is 9.77. The molecule has 0 radical (unpaired) electrons. The van der Waals surface area contributed by atoms with E-state index in [1.54, 1.807) is 45.8 Å². The second kappa shape index (κ2) is 13.8. The molecule has 0 unspecified atom stereocenters. The minimum atomic E-state index is -0.726. The highest BCUT2D eigenvalue weighted by Gasteiger charge is 2.45. The fraction of sp³-hybridized carbons (Fsp3) is 0.417. The van der Waals surface area contributed by atoms with Gasteiger partial charge in [0.05, 0.1) is 48.0 Å². The summed E-state index contributed by atoms with van der Waals surface area (Å²) >= 11 is 1.29. The summed E-state index contributed by atoms with van der Waals surface area (Å²) in [7, 11) is 0. The van der Waals surface area contributed by atoms with E-state index in [0.717, 1.165) is 24.0 Å². The largest absolute Gasteiger partial charge is 0.488 e. The fourth-order valence-electron chi connectivity index (χ4n) is 7.75. The molecule has 1 saturated heterocycles. The van der Waals surface area contributed by atoms with Crippen molar-refractivity contribution in [1.82, 2.24) is 25.0 Å². The summed E-state index contributed by atoms with van der Waals surface area (Å²) in [6.07, 6.45) is 5.05. The van der Waals surface area contributed by atoms with Gasteiger partial charge < -0.3 is 19.9 Å². The van der Waals surface area contributed by atoms with Crippen LogP contribution in [-0.2, 0) is 16.0 Å². The number of hydrogen-bond donors (Lipinski definition) is 1. The highest BCUT2D eigenvalue weighted by atomic mass is 32.1. The SMILES string of the molecule is N#CCNC(=O)[C@H]1CCCC[C@H]1C(=O)N1CCc2cccc(O[C@H]3CCN(C(=O)c4cncs4)C3)c2[C@H]1CN1C(=O)c2ccccc2C1=O. The number of thiazole rings is 1. The van der Waals surface area contributed by atoms with Crippen LogP contribution in [0.25, 0.3) is 0 Å². The zero-order chi connectivity index (χ0) is 34.1. The Labute approximate surface area is 287 Å². The Morgan fingerprint density at radius 2 is 1.73 bits per heavy atom. The van der Waals surface area contributed by atoms with Crippen molar-refractivity contribution >= 4 is 40.9 Å². The standard InChI is InChI=1S/C36H36N6O6S/c37-14-15-39-32(43)24-7-1-2-8-25(24)33(44)41-17-12-22-6-5-11-29(48-23-13-16-40(19-23)36(47)30-18-38-21-49-30)31(22)28(41)20-42-34(45)26-9-3-4-10-27(26)35(42)46/h3-6,9-11,18,21,23-25,28H,1-2,7-8,12-13,15-17,19-20H2,(H,39,43)/t23-,24-,25+,28+/m0/s1. The zero-order valence-corrected chi connectivity index (χ0v) is 27.7. The van der Waals surface area contributed by atoms with E-state index >= 15 is 0 Å². The predicted molar refractivity (Wildman–Crippen MR) is 178 cm³/mol. The first-order valence-electron chi connectivity index (χ1n) is 16.7. The highest BCUT2D eigenvalue weighted by molar-refractivity contribution is 7.11. The smallest absolute Gasteiger partial charge is 0.265 e. The number of benzene rings is 2. The second-order valence-corrected chi connectivity index (χ2v) is 13.8. The molecule has 0 spiro atoms. The van der Waals surface area contributed by atoms with Crippen molar-refractivity contribution in [3.63, 3.8) is 0 Å². The molecule has 2 fully saturated rings. The summed E-state index contributed by atoms with van der Waals surface area (Å²) in [5.41, 5.74) is 3.95. The Morgan fingerprint density at radius 1 is 0.980 bits per heavy atom. The molecular formula is C36H36N6O6S. The molecule has 1 N–H and O–H groups in total. The third-order valence-corrected chi connectivity index (χ3v) is 10.9. The minimum absolute atomic E-state index is 0.0792. The van der Waals surface area contributed by atoms with Crippen LogP contribution in [0.5, 0.6) is 5.75 Å². The van der Waals surface area contributed by atoms with Crippen molar-refractivity contribution in [2.45, 2.75) is 50.7 Å². The Bertz CT molecular complexity index is 1800. The fourth-order valence-corrected chi connectivity index (χ4v) is 8.34. The maximum absolute atomic E-state index is 14.6. The molecule has 4 atom stereocenters. The van der Waals surface area contributed by atoms with Crippen LogP contribution in [0.1, 0.15) is 79.7 Å². The third kappa shape index (κ3) is 6.17. The van der Waals surface area contributed by atoms with Gasteiger partial charge in [0, 0.05) is 36.9 Å². The molecule has 1 aromatic heterocycles. The monoisotopic (exact) mass is 680 g/mol. The number of hydrogen-bond acceptors (Lipinski definition) is 9. The van der Waals surface area contributed by atoms with Crippen molar-refractivity contribution in [2.24, 2.45) is 11.8 Å². The van der Waals surface area contributed by atoms with E-state index in [4.69, 9.17) is 10.00 Å². The van der Waals surface area contributed by atoms with Gasteiger partial charge in [-0.15, -0.1) is 11.3 Å². The van der Waals surface area contributed by atoms with Crippen LogP contribution in [-0.4, -0.2) is 88.0 Å². The predicted octanol–water partition coefficient (Wildman–Crippen LogP) is 3.60. The van der Waals surface area contributed by atoms with E-state index in [9.17, 15) is 24.0 Å². The number of aromatic nitrogens is 1. The van der Waals surface area contributed by atoms with Crippen LogP contribution in [0.2, 0.25) is 0 Å². The van der Waals surface area contributed by atoms with Gasteiger partial charge in [-0.05, 0) is 43.0 Å². The molecule has 13 heteroatoms. The Balaban J connectivity index is 1.21. The van der Waals surface area contributed by atoms with Gasteiger partial charge in [-0.1, -0.05) is 37.1 Å². The molecule has 12 nitrogen and oxygen atoms in total. The molecule has 5 amide bonds. The lowest BCUT2D eigenvalue weighted by Gasteiger charge is -2.43. The number of nitriles is 1. The number of rotatable bonds is 8. The first-order valence-corrected chi connectivity index (χ1v) is 17.6. The Hall–Kier alpha value is -5.09. The minimum Gasteiger partial charge on any atom is -0.488 e. The number of amides is 5. The van der Waals surface area contributed by atoms with Crippen LogP contribution in [0.3, 0.4) is 0 Å². The first-order chi connectivity index (χ1) is 23.9. The topological polar surface area (TPSA) is 153 Å². The van der Waals surface area contributed by atoms with Crippen molar-refractivity contribution < 1.29 is 28.7 Å². The maximum atomic E-state index is 14.6. The van der Waals surface area contributed by atoms with Crippen molar-refractivity contribution in [3.05, 3.63) is 81.3 Å². The van der Waals surface area contributed by atoms with Crippen LogP contribution in [0.15, 0.2) is 54.2 Å². The molecular weight excluding hydrogens is 644 g/mol. The molecule has 0 bridgehead atoms. The van der Waals surface area contributed by atoms with Crippen LogP contribution < -0.4 is 10.1 Å². The molecule has 49 heavy (non-hydrogen) atoms. The molecule has 3 aliphatic heterocycles. The highest BCUT2D eigenvalue weighted by Crippen LogP contribution is 2.42.